The first kappa shape index (κ1) is 75.0. The van der Waals surface area contributed by atoms with Gasteiger partial charge in [0.2, 0.25) is 5.91 Å². The normalized spacial score (nSPS) is 24.4. The first-order valence-electron chi connectivity index (χ1n) is 33.4. The summed E-state index contributed by atoms with van der Waals surface area (Å²) < 4.78 is 22.8. The molecule has 2 rings (SSSR count). The van der Waals surface area contributed by atoms with Crippen molar-refractivity contribution in [1.29, 1.82) is 0 Å². The van der Waals surface area contributed by atoms with Gasteiger partial charge in [-0.25, -0.2) is 0 Å². The summed E-state index contributed by atoms with van der Waals surface area (Å²) in [5.74, 6) is -0.245. The van der Waals surface area contributed by atoms with Crippen LogP contribution in [0.1, 0.15) is 277 Å². The van der Waals surface area contributed by atoms with Crippen molar-refractivity contribution in [2.24, 2.45) is 0 Å². The zero-order chi connectivity index (χ0) is 58.8. The van der Waals surface area contributed by atoms with Crippen LogP contribution in [-0.4, -0.2) is 140 Å². The number of unbranched alkanes of at least 4 members (excludes halogenated alkanes) is 33. The average molecular weight is 1150 g/mol. The van der Waals surface area contributed by atoms with Crippen LogP contribution in [0.25, 0.3) is 0 Å². The van der Waals surface area contributed by atoms with E-state index in [2.05, 4.69) is 67.8 Å². The van der Waals surface area contributed by atoms with Gasteiger partial charge in [-0.2, -0.15) is 0 Å². The fraction of sp³-hybridized carbons (Fsp3) is 0.866. The Morgan fingerprint density at radius 1 is 0.457 bits per heavy atom. The second-order valence-corrected chi connectivity index (χ2v) is 23.6. The Morgan fingerprint density at radius 2 is 0.852 bits per heavy atom. The summed E-state index contributed by atoms with van der Waals surface area (Å²) in [5, 5.41) is 87.4. The molecule has 0 aromatic carbocycles. The van der Waals surface area contributed by atoms with E-state index in [1.165, 1.54) is 180 Å². The molecule has 0 saturated carbocycles. The van der Waals surface area contributed by atoms with Crippen molar-refractivity contribution in [3.63, 3.8) is 0 Å². The van der Waals surface area contributed by atoms with Gasteiger partial charge >= 0.3 is 0 Å². The van der Waals surface area contributed by atoms with Crippen molar-refractivity contribution < 1.29 is 64.6 Å². The van der Waals surface area contributed by atoms with Crippen LogP contribution in [0.3, 0.4) is 0 Å². The summed E-state index contributed by atoms with van der Waals surface area (Å²) in [6.07, 6.45) is 50.1. The number of amides is 1. The van der Waals surface area contributed by atoms with Crippen LogP contribution >= 0.6 is 0 Å². The van der Waals surface area contributed by atoms with Gasteiger partial charge in [0.25, 0.3) is 0 Å². The molecule has 2 fully saturated rings. The molecule has 2 aliphatic rings. The lowest BCUT2D eigenvalue weighted by Gasteiger charge is -2.46. The quantitative estimate of drug-likeness (QED) is 0.0204. The summed E-state index contributed by atoms with van der Waals surface area (Å²) in [4.78, 5) is 13.3. The van der Waals surface area contributed by atoms with Gasteiger partial charge < -0.3 is 65.1 Å². The molecule has 2 heterocycles. The second kappa shape index (κ2) is 52.3. The Kier molecular flexibility index (Phi) is 48.5. The zero-order valence-corrected chi connectivity index (χ0v) is 51.3. The molecule has 474 valence electrons. The number of nitrogens with one attached hydrogen (secondary N) is 1. The van der Waals surface area contributed by atoms with Crippen molar-refractivity contribution in [1.82, 2.24) is 5.32 Å². The third-order valence-electron chi connectivity index (χ3n) is 16.3. The molecule has 12 atom stereocenters. The molecule has 14 nitrogen and oxygen atoms in total. The first-order chi connectivity index (χ1) is 39.6. The third kappa shape index (κ3) is 37.2. The van der Waals surface area contributed by atoms with Crippen molar-refractivity contribution >= 4 is 5.91 Å². The number of hydrogen-bond acceptors (Lipinski definition) is 13. The molecule has 12 unspecified atom stereocenters. The van der Waals surface area contributed by atoms with Crippen LogP contribution < -0.4 is 5.32 Å². The van der Waals surface area contributed by atoms with Crippen molar-refractivity contribution in [3.05, 3.63) is 48.6 Å². The number of aliphatic hydroxyl groups is 8. The predicted octanol–water partition coefficient (Wildman–Crippen LogP) is 12.7. The maximum Gasteiger partial charge on any atom is 0.220 e. The van der Waals surface area contributed by atoms with Crippen LogP contribution in [0.2, 0.25) is 0 Å². The van der Waals surface area contributed by atoms with Crippen LogP contribution in [-0.2, 0) is 23.7 Å². The number of carbonyl (C=O) groups excluding carboxylic acids is 1. The molecule has 81 heavy (non-hydrogen) atoms. The lowest BCUT2D eigenvalue weighted by atomic mass is 9.97. The van der Waals surface area contributed by atoms with E-state index in [0.717, 1.165) is 64.2 Å². The fourth-order valence-electron chi connectivity index (χ4n) is 11.0. The molecule has 2 saturated heterocycles. The van der Waals surface area contributed by atoms with Gasteiger partial charge in [-0.1, -0.05) is 268 Å². The van der Waals surface area contributed by atoms with E-state index in [0.29, 0.717) is 12.8 Å². The Hall–Kier alpha value is -2.05. The standard InChI is InChI=1S/C67H123NO13/c1-3-5-7-9-11-13-15-17-19-20-21-22-23-24-25-26-27-28-29-30-31-32-33-34-35-37-38-40-42-44-46-48-50-56(71)55(68-59(72)51-49-47-45-43-41-39-36-18-16-14-12-10-8-6-4-2)54-78-66-64(77)62(75)65(58(53-70)80-66)81-67-63(76)61(74)60(73)57(52-69)79-67/h6,8,12,14,18,36,41,43,55-58,60-67,69-71,73-77H,3-5,7,9-11,13,15-17,19-35,37-40,42,44-54H2,1-2H3,(H,68,72)/b8-6-,14-12-,36-18-,43-41-. The summed E-state index contributed by atoms with van der Waals surface area (Å²) in [6.45, 7) is 2.74. The van der Waals surface area contributed by atoms with Crippen molar-refractivity contribution in [2.75, 3.05) is 19.8 Å². The van der Waals surface area contributed by atoms with Crippen LogP contribution in [0.15, 0.2) is 48.6 Å². The number of allylic oxidation sites excluding steroid dienone is 8. The van der Waals surface area contributed by atoms with E-state index in [9.17, 15) is 45.6 Å². The molecule has 0 bridgehead atoms. The van der Waals surface area contributed by atoms with Gasteiger partial charge in [-0.05, 0) is 51.4 Å². The second-order valence-electron chi connectivity index (χ2n) is 23.6. The summed E-state index contributed by atoms with van der Waals surface area (Å²) in [7, 11) is 0. The Morgan fingerprint density at radius 3 is 1.28 bits per heavy atom. The number of hydrogen-bond donors (Lipinski definition) is 9. The highest BCUT2D eigenvalue weighted by atomic mass is 16.7. The molecule has 0 aromatic rings. The van der Waals surface area contributed by atoms with E-state index in [1.54, 1.807) is 0 Å². The average Bonchev–Trinajstić information content (AvgIpc) is 3.47. The van der Waals surface area contributed by atoms with Gasteiger partial charge in [0.15, 0.2) is 12.6 Å². The monoisotopic (exact) mass is 1150 g/mol. The molecule has 14 heteroatoms. The van der Waals surface area contributed by atoms with Crippen LogP contribution in [0.5, 0.6) is 0 Å². The molecule has 9 N–H and O–H groups in total. The van der Waals surface area contributed by atoms with E-state index in [-0.39, 0.29) is 18.9 Å². The maximum absolute atomic E-state index is 13.3. The van der Waals surface area contributed by atoms with Crippen molar-refractivity contribution in [3.8, 4) is 0 Å². The number of aliphatic hydroxyl groups excluding tert-OH is 8. The van der Waals surface area contributed by atoms with E-state index < -0.39 is 86.8 Å². The summed E-state index contributed by atoms with van der Waals surface area (Å²) >= 11 is 0. The largest absolute Gasteiger partial charge is 0.394 e. The lowest BCUT2D eigenvalue weighted by molar-refractivity contribution is -0.359. The highest BCUT2D eigenvalue weighted by Crippen LogP contribution is 2.30. The minimum atomic E-state index is -1.79. The minimum Gasteiger partial charge on any atom is -0.394 e. The van der Waals surface area contributed by atoms with E-state index in [1.807, 2.05) is 0 Å². The zero-order valence-electron chi connectivity index (χ0n) is 51.3. The topological polar surface area (TPSA) is 228 Å². The first-order valence-corrected chi connectivity index (χ1v) is 33.4. The number of carbonyl (C=O) groups is 1. The summed E-state index contributed by atoms with van der Waals surface area (Å²) in [6, 6.07) is -0.853. The third-order valence-corrected chi connectivity index (χ3v) is 16.3. The summed E-state index contributed by atoms with van der Waals surface area (Å²) in [5.41, 5.74) is 0. The predicted molar refractivity (Wildman–Crippen MR) is 327 cm³/mol. The molecular formula is C67H123NO13. The molecule has 0 aliphatic carbocycles. The Bertz CT molecular complexity index is 1540. The van der Waals surface area contributed by atoms with Gasteiger partial charge in [0, 0.05) is 6.42 Å². The molecule has 0 radical (unpaired) electrons. The van der Waals surface area contributed by atoms with E-state index in [4.69, 9.17) is 18.9 Å². The minimum absolute atomic E-state index is 0.245. The maximum atomic E-state index is 13.3. The number of rotatable bonds is 54. The van der Waals surface area contributed by atoms with Gasteiger partial charge in [0.05, 0.1) is 32.0 Å². The van der Waals surface area contributed by atoms with Crippen LogP contribution in [0.4, 0.5) is 0 Å². The highest BCUT2D eigenvalue weighted by Gasteiger charge is 2.51. The molecule has 0 aromatic heterocycles. The van der Waals surface area contributed by atoms with Gasteiger partial charge in [0.1, 0.15) is 48.8 Å². The molecule has 2 aliphatic heterocycles. The SMILES string of the molecule is CC/C=C\C/C=C\C/C=C\C/C=C\CCCCC(=O)NC(COC1OC(CO)C(OC2OC(CO)C(O)C(O)C2O)C(O)C1O)C(O)CCCCCCCCCCCCCCCCCCCCCCCCCCCCCCCCCC. The molecular weight excluding hydrogens is 1030 g/mol. The Balaban J connectivity index is 1.64. The fourth-order valence-corrected chi connectivity index (χ4v) is 11.0. The van der Waals surface area contributed by atoms with Crippen molar-refractivity contribution in [2.45, 2.75) is 351 Å². The smallest absolute Gasteiger partial charge is 0.220 e. The van der Waals surface area contributed by atoms with E-state index >= 15 is 0 Å². The lowest BCUT2D eigenvalue weighted by Crippen LogP contribution is -2.65. The number of ether oxygens (including phenoxy) is 4. The Labute approximate surface area is 493 Å². The van der Waals surface area contributed by atoms with Crippen LogP contribution in [0, 0.1) is 0 Å². The van der Waals surface area contributed by atoms with Gasteiger partial charge in [-0.15, -0.1) is 0 Å². The molecule has 0 spiro atoms. The van der Waals surface area contributed by atoms with Gasteiger partial charge in [-0.3, -0.25) is 4.79 Å². The molecule has 1 amide bonds. The highest BCUT2D eigenvalue weighted by molar-refractivity contribution is 5.76.